The Labute approximate surface area is 131 Å². The van der Waals surface area contributed by atoms with Crippen LogP contribution in [0.2, 0.25) is 0 Å². The van der Waals surface area contributed by atoms with Crippen LogP contribution in [-0.2, 0) is 4.79 Å². The van der Waals surface area contributed by atoms with Crippen LogP contribution in [0.25, 0.3) is 6.08 Å². The number of hydrogen-bond acceptors (Lipinski definition) is 5. The van der Waals surface area contributed by atoms with E-state index in [2.05, 4.69) is 0 Å². The number of esters is 1. The van der Waals surface area contributed by atoms with Gasteiger partial charge in [-0.25, -0.2) is 4.79 Å². The summed E-state index contributed by atoms with van der Waals surface area (Å²) in [4.78, 5) is 23.0. The number of thioether (sulfide) groups is 1. The molecule has 0 saturated carbocycles. The standard InChI is InChI=1S/C16H13NO4S/c1-22-15-8-5-12(6-9-15)7-10-16(18)21-14-4-2-3-13(11-14)17(19)20/h2-11H,1H3/b10-7+. The molecule has 5 nitrogen and oxygen atoms in total. The third kappa shape index (κ3) is 4.46. The second-order valence-electron chi connectivity index (χ2n) is 4.28. The fraction of sp³-hybridized carbons (Fsp3) is 0.0625. The lowest BCUT2D eigenvalue weighted by Crippen LogP contribution is -2.03. The highest BCUT2D eigenvalue weighted by Gasteiger charge is 2.08. The number of non-ortho nitro benzene ring substituents is 1. The predicted molar refractivity (Wildman–Crippen MR) is 86.0 cm³/mol. The molecular weight excluding hydrogens is 302 g/mol. The maximum atomic E-state index is 11.7. The first-order chi connectivity index (χ1) is 10.6. The molecule has 112 valence electrons. The number of rotatable bonds is 5. The number of ether oxygens (including phenoxy) is 1. The molecule has 0 heterocycles. The molecule has 2 rings (SSSR count). The Morgan fingerprint density at radius 2 is 1.95 bits per heavy atom. The summed E-state index contributed by atoms with van der Waals surface area (Å²) < 4.78 is 5.04. The van der Waals surface area contributed by atoms with Crippen molar-refractivity contribution < 1.29 is 14.5 Å². The molecule has 0 aliphatic heterocycles. The van der Waals surface area contributed by atoms with Crippen LogP contribution in [0, 0.1) is 10.1 Å². The molecule has 2 aromatic rings. The van der Waals surface area contributed by atoms with E-state index in [1.54, 1.807) is 17.8 Å². The van der Waals surface area contributed by atoms with Gasteiger partial charge in [0.05, 0.1) is 11.0 Å². The van der Waals surface area contributed by atoms with Crippen LogP contribution in [0.5, 0.6) is 5.75 Å². The number of nitro groups is 1. The molecule has 0 amide bonds. The maximum absolute atomic E-state index is 11.7. The molecule has 0 saturated heterocycles. The minimum atomic E-state index is -0.588. The highest BCUT2D eigenvalue weighted by atomic mass is 32.2. The van der Waals surface area contributed by atoms with Crippen LogP contribution in [0.15, 0.2) is 59.5 Å². The summed E-state index contributed by atoms with van der Waals surface area (Å²) in [5, 5.41) is 10.7. The van der Waals surface area contributed by atoms with E-state index in [-0.39, 0.29) is 11.4 Å². The van der Waals surface area contributed by atoms with Crippen molar-refractivity contribution in [3.63, 3.8) is 0 Å². The fourth-order valence-electron chi connectivity index (χ4n) is 1.69. The zero-order valence-corrected chi connectivity index (χ0v) is 12.6. The predicted octanol–water partition coefficient (Wildman–Crippen LogP) is 3.94. The molecule has 0 atom stereocenters. The van der Waals surface area contributed by atoms with Gasteiger partial charge in [0, 0.05) is 17.0 Å². The Morgan fingerprint density at radius 1 is 1.23 bits per heavy atom. The van der Waals surface area contributed by atoms with Crippen LogP contribution in [0.1, 0.15) is 5.56 Å². The first kappa shape index (κ1) is 15.8. The molecule has 2 aromatic carbocycles. The Morgan fingerprint density at radius 3 is 2.59 bits per heavy atom. The average molecular weight is 315 g/mol. The van der Waals surface area contributed by atoms with Gasteiger partial charge in [-0.1, -0.05) is 18.2 Å². The van der Waals surface area contributed by atoms with Gasteiger partial charge in [-0.3, -0.25) is 10.1 Å². The molecule has 0 N–H and O–H groups in total. The van der Waals surface area contributed by atoms with E-state index in [0.717, 1.165) is 10.5 Å². The van der Waals surface area contributed by atoms with Crippen molar-refractivity contribution in [2.75, 3.05) is 6.26 Å². The van der Waals surface area contributed by atoms with E-state index in [4.69, 9.17) is 4.74 Å². The second kappa shape index (κ2) is 7.42. The minimum Gasteiger partial charge on any atom is -0.423 e. The van der Waals surface area contributed by atoms with Crippen molar-refractivity contribution in [3.05, 3.63) is 70.3 Å². The van der Waals surface area contributed by atoms with Crippen LogP contribution in [-0.4, -0.2) is 17.1 Å². The zero-order valence-electron chi connectivity index (χ0n) is 11.8. The molecule has 0 bridgehead atoms. The van der Waals surface area contributed by atoms with E-state index in [9.17, 15) is 14.9 Å². The topological polar surface area (TPSA) is 69.4 Å². The zero-order chi connectivity index (χ0) is 15.9. The monoisotopic (exact) mass is 315 g/mol. The number of carbonyl (C=O) groups is 1. The number of benzene rings is 2. The van der Waals surface area contributed by atoms with E-state index in [0.29, 0.717) is 0 Å². The third-order valence-electron chi connectivity index (χ3n) is 2.77. The third-order valence-corrected chi connectivity index (χ3v) is 3.52. The smallest absolute Gasteiger partial charge is 0.336 e. The Bertz CT molecular complexity index is 710. The van der Waals surface area contributed by atoms with Gasteiger partial charge in [0.1, 0.15) is 5.75 Å². The molecule has 0 radical (unpaired) electrons. The van der Waals surface area contributed by atoms with Gasteiger partial charge in [0.15, 0.2) is 0 Å². The fourth-order valence-corrected chi connectivity index (χ4v) is 2.10. The maximum Gasteiger partial charge on any atom is 0.336 e. The van der Waals surface area contributed by atoms with Crippen LogP contribution >= 0.6 is 11.8 Å². The Balaban J connectivity index is 2.01. The van der Waals surface area contributed by atoms with Crippen molar-refractivity contribution in [2.45, 2.75) is 4.90 Å². The summed E-state index contributed by atoms with van der Waals surface area (Å²) >= 11 is 1.64. The van der Waals surface area contributed by atoms with Gasteiger partial charge in [0.2, 0.25) is 0 Å². The number of nitrogens with zero attached hydrogens (tertiary/aromatic N) is 1. The van der Waals surface area contributed by atoms with Crippen LogP contribution < -0.4 is 4.74 Å². The van der Waals surface area contributed by atoms with Gasteiger partial charge in [-0.15, -0.1) is 11.8 Å². The molecular formula is C16H13NO4S. The lowest BCUT2D eigenvalue weighted by atomic mass is 10.2. The highest BCUT2D eigenvalue weighted by Crippen LogP contribution is 2.19. The normalized spacial score (nSPS) is 10.6. The van der Waals surface area contributed by atoms with Gasteiger partial charge in [-0.05, 0) is 36.1 Å². The van der Waals surface area contributed by atoms with Crippen LogP contribution in [0.3, 0.4) is 0 Å². The van der Waals surface area contributed by atoms with E-state index < -0.39 is 10.9 Å². The van der Waals surface area contributed by atoms with E-state index in [1.807, 2.05) is 30.5 Å². The highest BCUT2D eigenvalue weighted by molar-refractivity contribution is 7.98. The number of hydrogen-bond donors (Lipinski definition) is 0. The summed E-state index contributed by atoms with van der Waals surface area (Å²) in [6, 6.07) is 13.2. The van der Waals surface area contributed by atoms with E-state index >= 15 is 0 Å². The second-order valence-corrected chi connectivity index (χ2v) is 5.16. The Hall–Kier alpha value is -2.60. The lowest BCUT2D eigenvalue weighted by Gasteiger charge is -2.01. The summed E-state index contributed by atoms with van der Waals surface area (Å²) in [6.45, 7) is 0. The number of nitro benzene ring substituents is 1. The molecule has 0 spiro atoms. The van der Waals surface area contributed by atoms with Gasteiger partial charge < -0.3 is 4.74 Å². The van der Waals surface area contributed by atoms with Crippen molar-refractivity contribution in [1.82, 2.24) is 0 Å². The number of carbonyl (C=O) groups excluding carboxylic acids is 1. The average Bonchev–Trinajstić information content (AvgIpc) is 2.53. The lowest BCUT2D eigenvalue weighted by molar-refractivity contribution is -0.384. The quantitative estimate of drug-likeness (QED) is 0.209. The van der Waals surface area contributed by atoms with Gasteiger partial charge in [-0.2, -0.15) is 0 Å². The molecule has 0 aromatic heterocycles. The molecule has 0 unspecified atom stereocenters. The molecule has 22 heavy (non-hydrogen) atoms. The first-order valence-electron chi connectivity index (χ1n) is 6.37. The van der Waals surface area contributed by atoms with Crippen molar-refractivity contribution >= 4 is 29.5 Å². The first-order valence-corrected chi connectivity index (χ1v) is 7.59. The van der Waals surface area contributed by atoms with Gasteiger partial charge >= 0.3 is 5.97 Å². The Kier molecular flexibility index (Phi) is 5.32. The summed E-state index contributed by atoms with van der Waals surface area (Å²) in [5.74, 6) is -0.448. The van der Waals surface area contributed by atoms with Crippen molar-refractivity contribution in [1.29, 1.82) is 0 Å². The van der Waals surface area contributed by atoms with Gasteiger partial charge in [0.25, 0.3) is 5.69 Å². The van der Waals surface area contributed by atoms with E-state index in [1.165, 1.54) is 30.3 Å². The van der Waals surface area contributed by atoms with Crippen molar-refractivity contribution in [2.24, 2.45) is 0 Å². The minimum absolute atomic E-state index is 0.123. The largest absolute Gasteiger partial charge is 0.423 e. The van der Waals surface area contributed by atoms with Crippen molar-refractivity contribution in [3.8, 4) is 5.75 Å². The summed E-state index contributed by atoms with van der Waals surface area (Å²) in [6.07, 6.45) is 4.90. The SMILES string of the molecule is CSc1ccc(/C=C/C(=O)Oc2cccc([N+](=O)[O-])c2)cc1. The molecule has 0 fully saturated rings. The molecule has 0 aliphatic carbocycles. The summed E-state index contributed by atoms with van der Waals surface area (Å²) in [7, 11) is 0. The van der Waals surface area contributed by atoms with Crippen LogP contribution in [0.4, 0.5) is 5.69 Å². The molecule has 6 heteroatoms. The summed E-state index contributed by atoms with van der Waals surface area (Å²) in [5.41, 5.74) is 0.746. The molecule has 0 aliphatic rings.